The normalized spacial score (nSPS) is 18.3. The Kier molecular flexibility index (Phi) is 5.21. The molecule has 0 heterocycles. The Labute approximate surface area is 126 Å². The third-order valence-electron chi connectivity index (χ3n) is 3.59. The smallest absolute Gasteiger partial charge is 0.329 e. The number of carbonyl (C=O) groups is 1. The zero-order valence-corrected chi connectivity index (χ0v) is 11.9. The molecule has 6 heteroatoms. The molecule has 0 unspecified atom stereocenters. The molecule has 0 saturated heterocycles. The number of halogens is 4. The molecule has 1 aromatic rings. The van der Waals surface area contributed by atoms with Gasteiger partial charge in [-0.2, -0.15) is 13.2 Å². The lowest BCUT2D eigenvalue weighted by Gasteiger charge is -2.29. The highest BCUT2D eigenvalue weighted by Gasteiger charge is 2.35. The number of benzene rings is 1. The van der Waals surface area contributed by atoms with E-state index in [9.17, 15) is 22.4 Å². The van der Waals surface area contributed by atoms with Crippen LogP contribution < -0.4 is 0 Å². The van der Waals surface area contributed by atoms with Crippen LogP contribution in [0, 0.1) is 11.7 Å². The van der Waals surface area contributed by atoms with Gasteiger partial charge in [0, 0.05) is 12.5 Å². The van der Waals surface area contributed by atoms with E-state index in [2.05, 4.69) is 0 Å². The Hall–Kier alpha value is -1.85. The van der Waals surface area contributed by atoms with Gasteiger partial charge >= 0.3 is 6.18 Å². The average molecular weight is 315 g/mol. The van der Waals surface area contributed by atoms with Gasteiger partial charge in [0.15, 0.2) is 0 Å². The highest BCUT2D eigenvalue weighted by molar-refractivity contribution is 5.79. The molecule has 22 heavy (non-hydrogen) atoms. The number of hydrogen-bond donors (Lipinski definition) is 0. The fraction of sp³-hybridized carbons (Fsp3) is 0.438. The van der Waals surface area contributed by atoms with Gasteiger partial charge < -0.3 is 4.90 Å². The molecule has 1 aliphatic rings. The van der Waals surface area contributed by atoms with Crippen LogP contribution in [-0.2, 0) is 11.3 Å². The first-order chi connectivity index (χ1) is 10.3. The highest BCUT2D eigenvalue weighted by Crippen LogP contribution is 2.25. The summed E-state index contributed by atoms with van der Waals surface area (Å²) in [5.74, 6) is -1.37. The van der Waals surface area contributed by atoms with Gasteiger partial charge in [-0.25, -0.2) is 4.39 Å². The molecule has 0 aliphatic heterocycles. The van der Waals surface area contributed by atoms with Crippen molar-refractivity contribution in [3.8, 4) is 0 Å². The summed E-state index contributed by atoms with van der Waals surface area (Å²) in [6.07, 6.45) is 1.03. The van der Waals surface area contributed by atoms with Crippen molar-refractivity contribution in [1.82, 2.24) is 4.90 Å². The summed E-state index contributed by atoms with van der Waals surface area (Å²) >= 11 is 0. The first-order valence-corrected chi connectivity index (χ1v) is 7.10. The largest absolute Gasteiger partial charge is 0.406 e. The second-order valence-corrected chi connectivity index (χ2v) is 5.42. The lowest BCUT2D eigenvalue weighted by Crippen LogP contribution is -2.42. The number of alkyl halides is 3. The SMILES string of the molecule is O=C([C@@H]1CC=CCC1)N(Cc1ccc(F)cc1)CC(F)(F)F. The van der Waals surface area contributed by atoms with E-state index in [1.165, 1.54) is 24.3 Å². The molecule has 1 amide bonds. The summed E-state index contributed by atoms with van der Waals surface area (Å²) in [4.78, 5) is 13.2. The van der Waals surface area contributed by atoms with E-state index in [1.54, 1.807) is 0 Å². The van der Waals surface area contributed by atoms with Crippen LogP contribution in [0.15, 0.2) is 36.4 Å². The molecule has 1 aliphatic carbocycles. The van der Waals surface area contributed by atoms with Gasteiger partial charge in [0.2, 0.25) is 5.91 Å². The van der Waals surface area contributed by atoms with Gasteiger partial charge in [-0.05, 0) is 37.0 Å². The number of carbonyl (C=O) groups excluding carboxylic acids is 1. The van der Waals surface area contributed by atoms with Crippen LogP contribution in [0.25, 0.3) is 0 Å². The second kappa shape index (κ2) is 6.94. The summed E-state index contributed by atoms with van der Waals surface area (Å²) in [5, 5.41) is 0. The summed E-state index contributed by atoms with van der Waals surface area (Å²) in [6, 6.07) is 5.14. The lowest BCUT2D eigenvalue weighted by molar-refractivity contribution is -0.165. The van der Waals surface area contributed by atoms with E-state index >= 15 is 0 Å². The van der Waals surface area contributed by atoms with E-state index in [-0.39, 0.29) is 6.54 Å². The van der Waals surface area contributed by atoms with Crippen molar-refractivity contribution in [1.29, 1.82) is 0 Å². The van der Waals surface area contributed by atoms with Crippen molar-refractivity contribution in [3.05, 3.63) is 47.8 Å². The van der Waals surface area contributed by atoms with E-state index in [1.807, 2.05) is 12.2 Å². The maximum atomic E-state index is 12.9. The predicted molar refractivity (Wildman–Crippen MR) is 74.4 cm³/mol. The summed E-state index contributed by atoms with van der Waals surface area (Å²) in [7, 11) is 0. The minimum atomic E-state index is -4.46. The molecule has 2 rings (SSSR count). The van der Waals surface area contributed by atoms with E-state index in [4.69, 9.17) is 0 Å². The molecule has 0 saturated carbocycles. The molecule has 0 radical (unpaired) electrons. The summed E-state index contributed by atoms with van der Waals surface area (Å²) in [6.45, 7) is -1.46. The van der Waals surface area contributed by atoms with Crippen LogP contribution in [0.4, 0.5) is 17.6 Å². The number of amides is 1. The predicted octanol–water partition coefficient (Wildman–Crippen LogP) is 4.07. The Morgan fingerprint density at radius 2 is 1.86 bits per heavy atom. The molecule has 120 valence electrons. The Balaban J connectivity index is 2.12. The van der Waals surface area contributed by atoms with E-state index in [0.29, 0.717) is 24.8 Å². The van der Waals surface area contributed by atoms with Crippen molar-refractivity contribution in [2.75, 3.05) is 6.54 Å². The fourth-order valence-electron chi connectivity index (χ4n) is 2.51. The molecular weight excluding hydrogens is 298 g/mol. The quantitative estimate of drug-likeness (QED) is 0.606. The number of allylic oxidation sites excluding steroid dienone is 2. The first kappa shape index (κ1) is 16.5. The summed E-state index contributed by atoms with van der Waals surface area (Å²) < 4.78 is 51.1. The van der Waals surface area contributed by atoms with Crippen molar-refractivity contribution in [3.63, 3.8) is 0 Å². The van der Waals surface area contributed by atoms with Crippen LogP contribution in [0.5, 0.6) is 0 Å². The third kappa shape index (κ3) is 4.86. The molecule has 2 nitrogen and oxygen atoms in total. The standard InChI is InChI=1S/C16H17F4NO/c17-14-8-6-12(7-9-14)10-21(11-16(18,19)20)15(22)13-4-2-1-3-5-13/h1-2,6-9,13H,3-5,10-11H2/t13-/m1/s1. The monoisotopic (exact) mass is 315 g/mol. The van der Waals surface area contributed by atoms with Crippen molar-refractivity contribution >= 4 is 5.91 Å². The molecular formula is C16H17F4NO. The molecule has 0 bridgehead atoms. The summed E-state index contributed by atoms with van der Waals surface area (Å²) in [5.41, 5.74) is 0.477. The van der Waals surface area contributed by atoms with Crippen LogP contribution in [0.3, 0.4) is 0 Å². The van der Waals surface area contributed by atoms with Crippen LogP contribution in [0.2, 0.25) is 0 Å². The van der Waals surface area contributed by atoms with Gasteiger partial charge in [0.05, 0.1) is 0 Å². The third-order valence-corrected chi connectivity index (χ3v) is 3.59. The molecule has 0 aromatic heterocycles. The first-order valence-electron chi connectivity index (χ1n) is 7.10. The van der Waals surface area contributed by atoms with Crippen LogP contribution in [-0.4, -0.2) is 23.5 Å². The van der Waals surface area contributed by atoms with Gasteiger partial charge in [-0.3, -0.25) is 4.79 Å². The fourth-order valence-corrected chi connectivity index (χ4v) is 2.51. The number of hydrogen-bond acceptors (Lipinski definition) is 1. The maximum absolute atomic E-state index is 12.9. The Morgan fingerprint density at radius 3 is 2.41 bits per heavy atom. The number of rotatable bonds is 4. The molecule has 1 aromatic carbocycles. The van der Waals surface area contributed by atoms with Crippen molar-refractivity contribution in [2.45, 2.75) is 32.0 Å². The van der Waals surface area contributed by atoms with Crippen LogP contribution in [0.1, 0.15) is 24.8 Å². The zero-order chi connectivity index (χ0) is 16.2. The van der Waals surface area contributed by atoms with Crippen molar-refractivity contribution < 1.29 is 22.4 Å². The Morgan fingerprint density at radius 1 is 1.18 bits per heavy atom. The van der Waals surface area contributed by atoms with E-state index < -0.39 is 30.4 Å². The topological polar surface area (TPSA) is 20.3 Å². The number of nitrogens with zero attached hydrogens (tertiary/aromatic N) is 1. The maximum Gasteiger partial charge on any atom is 0.406 e. The van der Waals surface area contributed by atoms with Gasteiger partial charge in [-0.15, -0.1) is 0 Å². The van der Waals surface area contributed by atoms with Gasteiger partial charge in [0.1, 0.15) is 12.4 Å². The zero-order valence-electron chi connectivity index (χ0n) is 11.9. The average Bonchev–Trinajstić information content (AvgIpc) is 2.48. The molecule has 0 spiro atoms. The van der Waals surface area contributed by atoms with E-state index in [0.717, 1.165) is 4.90 Å². The lowest BCUT2D eigenvalue weighted by atomic mass is 9.93. The van der Waals surface area contributed by atoms with Gasteiger partial charge in [-0.1, -0.05) is 24.3 Å². The van der Waals surface area contributed by atoms with Gasteiger partial charge in [0.25, 0.3) is 0 Å². The molecule has 0 N–H and O–H groups in total. The molecule has 0 fully saturated rings. The minimum absolute atomic E-state index is 0.168. The van der Waals surface area contributed by atoms with Crippen molar-refractivity contribution in [2.24, 2.45) is 5.92 Å². The highest BCUT2D eigenvalue weighted by atomic mass is 19.4. The molecule has 1 atom stereocenters. The second-order valence-electron chi connectivity index (χ2n) is 5.42. The minimum Gasteiger partial charge on any atom is -0.329 e. The van der Waals surface area contributed by atoms with Crippen LogP contribution >= 0.6 is 0 Å². The Bertz CT molecular complexity index is 536.